The lowest BCUT2D eigenvalue weighted by molar-refractivity contribution is 0.0861. The van der Waals surface area contributed by atoms with Crippen molar-refractivity contribution in [2.24, 2.45) is 0 Å². The first-order valence-electron chi connectivity index (χ1n) is 5.28. The van der Waals surface area contributed by atoms with Crippen molar-refractivity contribution in [3.63, 3.8) is 0 Å². The SMILES string of the molecule is Cc1cc(Br)cn1COCC[Si](C)(C)C. The first kappa shape index (κ1) is 13.0. The van der Waals surface area contributed by atoms with Crippen LogP contribution in [0, 0.1) is 6.92 Å². The van der Waals surface area contributed by atoms with Crippen LogP contribution in [0.1, 0.15) is 5.69 Å². The quantitative estimate of drug-likeness (QED) is 0.593. The van der Waals surface area contributed by atoms with Crippen molar-refractivity contribution in [3.05, 3.63) is 22.4 Å². The second kappa shape index (κ2) is 5.32. The van der Waals surface area contributed by atoms with Crippen LogP contribution in [0.25, 0.3) is 0 Å². The Hall–Kier alpha value is -0.0631. The van der Waals surface area contributed by atoms with Gasteiger partial charge in [-0.2, -0.15) is 0 Å². The van der Waals surface area contributed by atoms with Crippen LogP contribution in [0.3, 0.4) is 0 Å². The largest absolute Gasteiger partial charge is 0.361 e. The molecule has 1 aromatic rings. The fourth-order valence-corrected chi connectivity index (χ4v) is 2.59. The molecule has 0 saturated carbocycles. The Morgan fingerprint density at radius 1 is 1.40 bits per heavy atom. The summed E-state index contributed by atoms with van der Waals surface area (Å²) in [5, 5.41) is 0. The molecular formula is C11H20BrNOSi. The third-order valence-corrected chi connectivity index (χ3v) is 4.44. The Kier molecular flexibility index (Phi) is 4.61. The summed E-state index contributed by atoms with van der Waals surface area (Å²) in [6.07, 6.45) is 2.06. The van der Waals surface area contributed by atoms with E-state index in [9.17, 15) is 0 Å². The van der Waals surface area contributed by atoms with Crippen LogP contribution in [-0.4, -0.2) is 19.2 Å². The number of halogens is 1. The van der Waals surface area contributed by atoms with Crippen LogP contribution in [-0.2, 0) is 11.5 Å². The van der Waals surface area contributed by atoms with Crippen molar-refractivity contribution in [1.82, 2.24) is 4.57 Å². The molecule has 0 radical (unpaired) electrons. The van der Waals surface area contributed by atoms with Crippen LogP contribution >= 0.6 is 15.9 Å². The molecule has 2 nitrogen and oxygen atoms in total. The topological polar surface area (TPSA) is 14.2 Å². The van der Waals surface area contributed by atoms with Crippen molar-refractivity contribution in [2.45, 2.75) is 39.3 Å². The third-order valence-electron chi connectivity index (χ3n) is 2.31. The first-order chi connectivity index (χ1) is 6.88. The zero-order chi connectivity index (χ0) is 11.5. The van der Waals surface area contributed by atoms with E-state index < -0.39 is 8.07 Å². The monoisotopic (exact) mass is 289 g/mol. The molecule has 0 aliphatic carbocycles. The van der Waals surface area contributed by atoms with Gasteiger partial charge in [-0.25, -0.2) is 0 Å². The number of nitrogens with zero attached hydrogens (tertiary/aromatic N) is 1. The van der Waals surface area contributed by atoms with E-state index in [0.717, 1.165) is 11.1 Å². The van der Waals surface area contributed by atoms with Gasteiger partial charge in [0.05, 0.1) is 0 Å². The van der Waals surface area contributed by atoms with E-state index in [1.165, 1.54) is 11.7 Å². The van der Waals surface area contributed by atoms with E-state index in [1.807, 2.05) is 0 Å². The predicted octanol–water partition coefficient (Wildman–Crippen LogP) is 3.87. The highest BCUT2D eigenvalue weighted by Crippen LogP contribution is 2.14. The van der Waals surface area contributed by atoms with Gasteiger partial charge in [0.15, 0.2) is 0 Å². The van der Waals surface area contributed by atoms with Crippen molar-refractivity contribution in [2.75, 3.05) is 6.61 Å². The van der Waals surface area contributed by atoms with E-state index >= 15 is 0 Å². The lowest BCUT2D eigenvalue weighted by Crippen LogP contribution is -2.22. The van der Waals surface area contributed by atoms with Gasteiger partial charge in [-0.05, 0) is 35.0 Å². The Labute approximate surface area is 102 Å². The zero-order valence-electron chi connectivity index (χ0n) is 10.0. The molecule has 0 aliphatic heterocycles. The molecule has 4 heteroatoms. The molecular weight excluding hydrogens is 270 g/mol. The maximum atomic E-state index is 5.67. The second-order valence-corrected chi connectivity index (χ2v) is 11.7. The lowest BCUT2D eigenvalue weighted by atomic mass is 10.5. The molecule has 1 aromatic heterocycles. The summed E-state index contributed by atoms with van der Waals surface area (Å²) in [7, 11) is -0.947. The number of rotatable bonds is 5. The molecule has 15 heavy (non-hydrogen) atoms. The molecule has 0 atom stereocenters. The molecule has 0 saturated heterocycles. The average molecular weight is 290 g/mol. The third kappa shape index (κ3) is 5.00. The van der Waals surface area contributed by atoms with Crippen molar-refractivity contribution in [3.8, 4) is 0 Å². The number of ether oxygens (including phenoxy) is 1. The fourth-order valence-electron chi connectivity index (χ4n) is 1.25. The lowest BCUT2D eigenvalue weighted by Gasteiger charge is -2.15. The molecule has 0 spiro atoms. The average Bonchev–Trinajstić information content (AvgIpc) is 2.37. The normalized spacial score (nSPS) is 12.1. The maximum Gasteiger partial charge on any atom is 0.122 e. The summed E-state index contributed by atoms with van der Waals surface area (Å²) in [4.78, 5) is 0. The number of hydrogen-bond donors (Lipinski definition) is 0. The minimum atomic E-state index is -0.947. The summed E-state index contributed by atoms with van der Waals surface area (Å²) in [6, 6.07) is 3.33. The van der Waals surface area contributed by atoms with Crippen molar-refractivity contribution in [1.29, 1.82) is 0 Å². The zero-order valence-corrected chi connectivity index (χ0v) is 12.6. The number of aryl methyl sites for hydroxylation is 1. The van der Waals surface area contributed by atoms with Gasteiger partial charge in [-0.3, -0.25) is 0 Å². The summed E-state index contributed by atoms with van der Waals surface area (Å²) >= 11 is 3.45. The molecule has 0 fully saturated rings. The standard InChI is InChI=1S/C11H20BrNOSi/c1-10-7-11(12)8-13(10)9-14-5-6-15(2,3)4/h7-8H,5-6,9H2,1-4H3. The highest BCUT2D eigenvalue weighted by molar-refractivity contribution is 9.10. The molecule has 86 valence electrons. The molecule has 1 heterocycles. The van der Waals surface area contributed by atoms with Gasteiger partial charge in [-0.1, -0.05) is 19.6 Å². The molecule has 0 aromatic carbocycles. The van der Waals surface area contributed by atoms with Crippen LogP contribution in [0.4, 0.5) is 0 Å². The Balaban J connectivity index is 2.29. The van der Waals surface area contributed by atoms with E-state index in [0.29, 0.717) is 6.73 Å². The summed E-state index contributed by atoms with van der Waals surface area (Å²) in [5.41, 5.74) is 1.23. The smallest absolute Gasteiger partial charge is 0.122 e. The molecule has 1 rings (SSSR count). The van der Waals surface area contributed by atoms with E-state index in [1.54, 1.807) is 0 Å². The van der Waals surface area contributed by atoms with Crippen LogP contribution in [0.5, 0.6) is 0 Å². The van der Waals surface area contributed by atoms with E-state index in [4.69, 9.17) is 4.74 Å². The van der Waals surface area contributed by atoms with Crippen LogP contribution in [0.15, 0.2) is 16.7 Å². The minimum Gasteiger partial charge on any atom is -0.361 e. The van der Waals surface area contributed by atoms with Gasteiger partial charge in [0, 0.05) is 31.0 Å². The van der Waals surface area contributed by atoms with Crippen LogP contribution < -0.4 is 0 Å². The van der Waals surface area contributed by atoms with Gasteiger partial charge in [0.1, 0.15) is 6.73 Å². The van der Waals surface area contributed by atoms with E-state index in [2.05, 4.69) is 59.3 Å². The molecule has 0 N–H and O–H groups in total. The molecule has 0 unspecified atom stereocenters. The van der Waals surface area contributed by atoms with Gasteiger partial charge in [-0.15, -0.1) is 0 Å². The Bertz CT molecular complexity index is 317. The highest BCUT2D eigenvalue weighted by atomic mass is 79.9. The number of hydrogen-bond acceptors (Lipinski definition) is 1. The predicted molar refractivity (Wildman–Crippen MR) is 71.0 cm³/mol. The summed E-state index contributed by atoms with van der Waals surface area (Å²) < 4.78 is 8.91. The minimum absolute atomic E-state index is 0.669. The van der Waals surface area contributed by atoms with Gasteiger partial charge < -0.3 is 9.30 Å². The highest BCUT2D eigenvalue weighted by Gasteiger charge is 2.12. The maximum absolute atomic E-state index is 5.67. The van der Waals surface area contributed by atoms with Gasteiger partial charge in [0.2, 0.25) is 0 Å². The molecule has 0 bridgehead atoms. The van der Waals surface area contributed by atoms with E-state index in [-0.39, 0.29) is 0 Å². The second-order valence-electron chi connectivity index (χ2n) is 5.12. The summed E-state index contributed by atoms with van der Waals surface area (Å²) in [6.45, 7) is 10.7. The van der Waals surface area contributed by atoms with Crippen molar-refractivity contribution < 1.29 is 4.74 Å². The Morgan fingerprint density at radius 3 is 2.53 bits per heavy atom. The van der Waals surface area contributed by atoms with Gasteiger partial charge >= 0.3 is 0 Å². The van der Waals surface area contributed by atoms with Crippen LogP contribution in [0.2, 0.25) is 25.7 Å². The number of aromatic nitrogens is 1. The fraction of sp³-hybridized carbons (Fsp3) is 0.636. The Morgan fingerprint density at radius 2 is 2.07 bits per heavy atom. The van der Waals surface area contributed by atoms with Crippen molar-refractivity contribution >= 4 is 24.0 Å². The molecule has 0 aliphatic rings. The molecule has 0 amide bonds. The summed E-state index contributed by atoms with van der Waals surface area (Å²) in [5.74, 6) is 0. The van der Waals surface area contributed by atoms with Gasteiger partial charge in [0.25, 0.3) is 0 Å². The first-order valence-corrected chi connectivity index (χ1v) is 9.78.